The third kappa shape index (κ3) is 1.96. The first-order chi connectivity index (χ1) is 6.71. The predicted molar refractivity (Wildman–Crippen MR) is 62.4 cm³/mol. The minimum Gasteiger partial charge on any atom is -0.326 e. The lowest BCUT2D eigenvalue weighted by molar-refractivity contribution is 0.0754. The van der Waals surface area contributed by atoms with Crippen LogP contribution in [0.3, 0.4) is 0 Å². The van der Waals surface area contributed by atoms with E-state index < -0.39 is 0 Å². The SMILES string of the molecule is CCC(N)C(CC)(CC)N1CCCC1. The Bertz CT molecular complexity index is 158. The van der Waals surface area contributed by atoms with Crippen LogP contribution >= 0.6 is 0 Å². The largest absolute Gasteiger partial charge is 0.326 e. The Morgan fingerprint density at radius 3 is 2.00 bits per heavy atom. The molecule has 84 valence electrons. The van der Waals surface area contributed by atoms with Crippen LogP contribution in [0.2, 0.25) is 0 Å². The zero-order valence-corrected chi connectivity index (χ0v) is 10.1. The van der Waals surface area contributed by atoms with Crippen molar-refractivity contribution in [2.24, 2.45) is 5.73 Å². The van der Waals surface area contributed by atoms with Crippen molar-refractivity contribution in [3.05, 3.63) is 0 Å². The van der Waals surface area contributed by atoms with Crippen molar-refractivity contribution in [1.29, 1.82) is 0 Å². The highest BCUT2D eigenvalue weighted by Crippen LogP contribution is 2.31. The smallest absolute Gasteiger partial charge is 0.0355 e. The van der Waals surface area contributed by atoms with Crippen molar-refractivity contribution in [3.8, 4) is 0 Å². The second kappa shape index (κ2) is 5.13. The van der Waals surface area contributed by atoms with Gasteiger partial charge in [-0.1, -0.05) is 20.8 Å². The molecule has 1 heterocycles. The van der Waals surface area contributed by atoms with Gasteiger partial charge in [0.1, 0.15) is 0 Å². The van der Waals surface area contributed by atoms with Gasteiger partial charge in [0.05, 0.1) is 0 Å². The summed E-state index contributed by atoms with van der Waals surface area (Å²) in [6.07, 6.45) is 6.20. The predicted octanol–water partition coefficient (Wildman–Crippen LogP) is 2.38. The van der Waals surface area contributed by atoms with Gasteiger partial charge in [-0.3, -0.25) is 4.90 Å². The van der Waals surface area contributed by atoms with Gasteiger partial charge in [0, 0.05) is 11.6 Å². The Morgan fingerprint density at radius 2 is 1.64 bits per heavy atom. The van der Waals surface area contributed by atoms with E-state index >= 15 is 0 Å². The van der Waals surface area contributed by atoms with E-state index in [0.29, 0.717) is 6.04 Å². The van der Waals surface area contributed by atoms with E-state index in [2.05, 4.69) is 25.7 Å². The fraction of sp³-hybridized carbons (Fsp3) is 1.00. The van der Waals surface area contributed by atoms with Gasteiger partial charge in [-0.2, -0.15) is 0 Å². The van der Waals surface area contributed by atoms with Crippen LogP contribution in [0.15, 0.2) is 0 Å². The van der Waals surface area contributed by atoms with Crippen LogP contribution < -0.4 is 5.73 Å². The Balaban J connectivity index is 2.77. The average Bonchev–Trinajstić information content (AvgIpc) is 2.74. The van der Waals surface area contributed by atoms with E-state index in [1.165, 1.54) is 38.8 Å². The Kier molecular flexibility index (Phi) is 4.39. The molecule has 0 aromatic carbocycles. The summed E-state index contributed by atoms with van der Waals surface area (Å²) in [7, 11) is 0. The summed E-state index contributed by atoms with van der Waals surface area (Å²) in [6.45, 7) is 9.31. The number of nitrogens with two attached hydrogens (primary N) is 1. The summed E-state index contributed by atoms with van der Waals surface area (Å²) >= 11 is 0. The number of likely N-dealkylation sites (tertiary alicyclic amines) is 1. The summed E-state index contributed by atoms with van der Waals surface area (Å²) in [5.74, 6) is 0. The van der Waals surface area contributed by atoms with Gasteiger partial charge < -0.3 is 5.73 Å². The highest BCUT2D eigenvalue weighted by Gasteiger charge is 2.39. The standard InChI is InChI=1S/C12H26N2/c1-4-11(13)12(5-2,6-3)14-9-7-8-10-14/h11H,4-10,13H2,1-3H3. The molecule has 1 saturated heterocycles. The molecule has 1 fully saturated rings. The molecule has 2 nitrogen and oxygen atoms in total. The zero-order chi connectivity index (χ0) is 10.6. The first-order valence-corrected chi connectivity index (χ1v) is 6.21. The lowest BCUT2D eigenvalue weighted by Gasteiger charge is -2.45. The van der Waals surface area contributed by atoms with Crippen LogP contribution in [-0.4, -0.2) is 29.6 Å². The molecule has 0 radical (unpaired) electrons. The van der Waals surface area contributed by atoms with Crippen LogP contribution in [0.1, 0.15) is 52.9 Å². The molecule has 2 N–H and O–H groups in total. The lowest BCUT2D eigenvalue weighted by atomic mass is 9.82. The van der Waals surface area contributed by atoms with Crippen LogP contribution in [0, 0.1) is 0 Å². The molecule has 2 heteroatoms. The molecule has 0 amide bonds. The lowest BCUT2D eigenvalue weighted by Crippen LogP contribution is -2.58. The summed E-state index contributed by atoms with van der Waals surface area (Å²) in [5, 5.41) is 0. The Labute approximate surface area is 88.8 Å². The zero-order valence-electron chi connectivity index (χ0n) is 10.1. The van der Waals surface area contributed by atoms with E-state index in [1.807, 2.05) is 0 Å². The summed E-state index contributed by atoms with van der Waals surface area (Å²) in [5.41, 5.74) is 6.59. The van der Waals surface area contributed by atoms with E-state index in [4.69, 9.17) is 5.73 Å². The maximum absolute atomic E-state index is 6.31. The molecule has 1 atom stereocenters. The number of hydrogen-bond donors (Lipinski definition) is 1. The number of rotatable bonds is 5. The summed E-state index contributed by atoms with van der Waals surface area (Å²) in [4.78, 5) is 2.64. The summed E-state index contributed by atoms with van der Waals surface area (Å²) in [6, 6.07) is 0.343. The van der Waals surface area contributed by atoms with E-state index in [9.17, 15) is 0 Å². The topological polar surface area (TPSA) is 29.3 Å². The molecule has 0 bridgehead atoms. The fourth-order valence-electron chi connectivity index (χ4n) is 3.00. The molecule has 1 aliphatic heterocycles. The van der Waals surface area contributed by atoms with Gasteiger partial charge in [0.2, 0.25) is 0 Å². The van der Waals surface area contributed by atoms with Crippen LogP contribution in [0.25, 0.3) is 0 Å². The quantitative estimate of drug-likeness (QED) is 0.735. The van der Waals surface area contributed by atoms with Gasteiger partial charge in [-0.05, 0) is 45.2 Å². The van der Waals surface area contributed by atoms with Gasteiger partial charge in [0.15, 0.2) is 0 Å². The minimum atomic E-state index is 0.283. The molecule has 1 unspecified atom stereocenters. The van der Waals surface area contributed by atoms with Gasteiger partial charge in [-0.15, -0.1) is 0 Å². The minimum absolute atomic E-state index is 0.283. The van der Waals surface area contributed by atoms with Crippen molar-refractivity contribution in [2.45, 2.75) is 64.5 Å². The molecule has 1 aliphatic rings. The molecule has 0 aliphatic carbocycles. The average molecular weight is 198 g/mol. The number of hydrogen-bond acceptors (Lipinski definition) is 2. The first-order valence-electron chi connectivity index (χ1n) is 6.21. The molecule has 0 aromatic heterocycles. The number of nitrogens with zero attached hydrogens (tertiary/aromatic N) is 1. The van der Waals surface area contributed by atoms with Crippen molar-refractivity contribution >= 4 is 0 Å². The van der Waals surface area contributed by atoms with Crippen LogP contribution in [-0.2, 0) is 0 Å². The van der Waals surface area contributed by atoms with Gasteiger partial charge in [-0.25, -0.2) is 0 Å². The van der Waals surface area contributed by atoms with Crippen molar-refractivity contribution in [2.75, 3.05) is 13.1 Å². The molecular weight excluding hydrogens is 172 g/mol. The third-order valence-electron chi connectivity index (χ3n) is 4.09. The fourth-order valence-corrected chi connectivity index (χ4v) is 3.00. The van der Waals surface area contributed by atoms with E-state index in [-0.39, 0.29) is 5.54 Å². The maximum atomic E-state index is 6.31. The summed E-state index contributed by atoms with van der Waals surface area (Å²) < 4.78 is 0. The Hall–Kier alpha value is -0.0800. The van der Waals surface area contributed by atoms with Crippen molar-refractivity contribution in [3.63, 3.8) is 0 Å². The van der Waals surface area contributed by atoms with Crippen molar-refractivity contribution < 1.29 is 0 Å². The second-order valence-corrected chi connectivity index (χ2v) is 4.52. The molecule has 0 spiro atoms. The van der Waals surface area contributed by atoms with E-state index in [1.54, 1.807) is 0 Å². The highest BCUT2D eigenvalue weighted by atomic mass is 15.2. The molecule has 14 heavy (non-hydrogen) atoms. The third-order valence-corrected chi connectivity index (χ3v) is 4.09. The van der Waals surface area contributed by atoms with Gasteiger partial charge >= 0.3 is 0 Å². The highest BCUT2D eigenvalue weighted by molar-refractivity contribution is 4.98. The van der Waals surface area contributed by atoms with Crippen LogP contribution in [0.4, 0.5) is 0 Å². The molecule has 0 aromatic rings. The van der Waals surface area contributed by atoms with Crippen molar-refractivity contribution in [1.82, 2.24) is 4.90 Å². The normalized spacial score (nSPS) is 21.4. The van der Waals surface area contributed by atoms with Gasteiger partial charge in [0.25, 0.3) is 0 Å². The Morgan fingerprint density at radius 1 is 1.14 bits per heavy atom. The van der Waals surface area contributed by atoms with E-state index in [0.717, 1.165) is 6.42 Å². The second-order valence-electron chi connectivity index (χ2n) is 4.52. The van der Waals surface area contributed by atoms with Crippen LogP contribution in [0.5, 0.6) is 0 Å². The molecule has 0 saturated carbocycles. The molecule has 1 rings (SSSR count). The monoisotopic (exact) mass is 198 g/mol. The maximum Gasteiger partial charge on any atom is 0.0355 e. The first kappa shape index (κ1) is 12.0. The molecular formula is C12H26N2.